The van der Waals surface area contributed by atoms with Gasteiger partial charge in [-0.15, -0.1) is 0 Å². The Morgan fingerprint density at radius 3 is 2.77 bits per heavy atom. The van der Waals surface area contributed by atoms with E-state index in [1.165, 1.54) is 0 Å². The molecule has 0 fully saturated rings. The van der Waals surface area contributed by atoms with Crippen LogP contribution in [0.25, 0.3) is 0 Å². The molecular weight excluding hydrogens is 160 g/mol. The summed E-state index contributed by atoms with van der Waals surface area (Å²) in [5.41, 5.74) is 1.06. The number of rotatable bonds is 3. The zero-order valence-electron chi connectivity index (χ0n) is 7.99. The van der Waals surface area contributed by atoms with E-state index in [9.17, 15) is 0 Å². The van der Waals surface area contributed by atoms with Gasteiger partial charge in [0.2, 0.25) is 0 Å². The molecule has 1 aromatic rings. The third kappa shape index (κ3) is 3.11. The fourth-order valence-corrected chi connectivity index (χ4v) is 0.974. The first kappa shape index (κ1) is 9.52. The minimum Gasteiger partial charge on any atom is -0.341 e. The second kappa shape index (κ2) is 5.14. The summed E-state index contributed by atoms with van der Waals surface area (Å²) in [6, 6.07) is 5.79. The summed E-state index contributed by atoms with van der Waals surface area (Å²) in [7, 11) is 0. The van der Waals surface area contributed by atoms with Crippen molar-refractivity contribution >= 4 is 5.82 Å². The first-order valence-corrected chi connectivity index (χ1v) is 4.34. The first-order valence-electron chi connectivity index (χ1n) is 4.34. The highest BCUT2D eigenvalue weighted by Gasteiger charge is 1.91. The second-order valence-electron chi connectivity index (χ2n) is 2.58. The Kier molecular flexibility index (Phi) is 3.76. The summed E-state index contributed by atoms with van der Waals surface area (Å²) < 4.78 is 0. The average Bonchev–Trinajstić information content (AvgIpc) is 2.19. The normalized spacial score (nSPS) is 12.0. The Hall–Kier alpha value is -1.57. The van der Waals surface area contributed by atoms with Gasteiger partial charge in [0, 0.05) is 11.9 Å². The topological polar surface area (TPSA) is 24.9 Å². The number of hydrogen-bond donors (Lipinski definition) is 1. The van der Waals surface area contributed by atoms with Crippen molar-refractivity contribution in [1.29, 1.82) is 0 Å². The van der Waals surface area contributed by atoms with Crippen LogP contribution in [0.3, 0.4) is 0 Å². The van der Waals surface area contributed by atoms with Gasteiger partial charge in [-0.3, -0.25) is 0 Å². The molecule has 0 radical (unpaired) electrons. The van der Waals surface area contributed by atoms with E-state index in [1.807, 2.05) is 50.3 Å². The van der Waals surface area contributed by atoms with E-state index in [2.05, 4.69) is 10.3 Å². The molecule has 0 aromatic carbocycles. The standard InChI is InChI=1S/C11H14N2/c1-3-7-10(4-2)13-11-8-5-6-9-12-11/h3-9H,1-2H3,(H,12,13)/b7-3-,10-4+. The number of hydrogen-bond acceptors (Lipinski definition) is 2. The van der Waals surface area contributed by atoms with E-state index in [0.717, 1.165) is 11.5 Å². The molecule has 68 valence electrons. The molecule has 0 saturated carbocycles. The van der Waals surface area contributed by atoms with Crippen molar-refractivity contribution in [2.24, 2.45) is 0 Å². The molecule has 0 saturated heterocycles. The molecule has 1 rings (SSSR count). The number of pyridine rings is 1. The summed E-state index contributed by atoms with van der Waals surface area (Å²) in [5.74, 6) is 0.869. The predicted molar refractivity (Wildman–Crippen MR) is 56.4 cm³/mol. The highest BCUT2D eigenvalue weighted by molar-refractivity contribution is 5.44. The van der Waals surface area contributed by atoms with Gasteiger partial charge >= 0.3 is 0 Å². The zero-order valence-corrected chi connectivity index (χ0v) is 7.99. The van der Waals surface area contributed by atoms with Crippen molar-refractivity contribution in [1.82, 2.24) is 4.98 Å². The van der Waals surface area contributed by atoms with Crippen LogP contribution in [0.2, 0.25) is 0 Å². The minimum absolute atomic E-state index is 0.869. The summed E-state index contributed by atoms with van der Waals surface area (Å²) in [4.78, 5) is 4.16. The fraction of sp³-hybridized carbons (Fsp3) is 0.182. The van der Waals surface area contributed by atoms with Gasteiger partial charge in [0.25, 0.3) is 0 Å². The summed E-state index contributed by atoms with van der Waals surface area (Å²) in [6.45, 7) is 3.98. The summed E-state index contributed by atoms with van der Waals surface area (Å²) >= 11 is 0. The van der Waals surface area contributed by atoms with E-state index in [-0.39, 0.29) is 0 Å². The number of nitrogens with zero attached hydrogens (tertiary/aromatic N) is 1. The fourth-order valence-electron chi connectivity index (χ4n) is 0.974. The maximum Gasteiger partial charge on any atom is 0.130 e. The van der Waals surface area contributed by atoms with Crippen LogP contribution in [0.4, 0.5) is 5.82 Å². The van der Waals surface area contributed by atoms with Crippen molar-refractivity contribution in [3.63, 3.8) is 0 Å². The number of allylic oxidation sites excluding steroid dienone is 3. The molecule has 0 aliphatic carbocycles. The van der Waals surface area contributed by atoms with E-state index >= 15 is 0 Å². The number of nitrogens with one attached hydrogen (secondary N) is 1. The van der Waals surface area contributed by atoms with Crippen LogP contribution in [0, 0.1) is 0 Å². The third-order valence-corrected chi connectivity index (χ3v) is 1.59. The second-order valence-corrected chi connectivity index (χ2v) is 2.58. The lowest BCUT2D eigenvalue weighted by Crippen LogP contribution is -1.97. The first-order chi connectivity index (χ1) is 6.36. The van der Waals surface area contributed by atoms with Gasteiger partial charge in [0.05, 0.1) is 0 Å². The van der Waals surface area contributed by atoms with Crippen LogP contribution < -0.4 is 5.32 Å². The van der Waals surface area contributed by atoms with Crippen LogP contribution in [0.15, 0.2) is 48.3 Å². The largest absolute Gasteiger partial charge is 0.341 e. The Morgan fingerprint density at radius 1 is 1.38 bits per heavy atom. The van der Waals surface area contributed by atoms with E-state index in [4.69, 9.17) is 0 Å². The highest BCUT2D eigenvalue weighted by atomic mass is 15.0. The Balaban J connectivity index is 2.68. The molecular formula is C11H14N2. The maximum atomic E-state index is 4.16. The quantitative estimate of drug-likeness (QED) is 0.712. The van der Waals surface area contributed by atoms with Gasteiger partial charge in [-0.05, 0) is 32.1 Å². The molecule has 0 aliphatic rings. The highest BCUT2D eigenvalue weighted by Crippen LogP contribution is 2.05. The molecule has 1 aromatic heterocycles. The third-order valence-electron chi connectivity index (χ3n) is 1.59. The lowest BCUT2D eigenvalue weighted by molar-refractivity contribution is 1.28. The van der Waals surface area contributed by atoms with Crippen molar-refractivity contribution < 1.29 is 0 Å². The minimum atomic E-state index is 0.869. The molecule has 1 N–H and O–H groups in total. The monoisotopic (exact) mass is 174 g/mol. The van der Waals surface area contributed by atoms with E-state index < -0.39 is 0 Å². The molecule has 0 spiro atoms. The van der Waals surface area contributed by atoms with Gasteiger partial charge in [-0.1, -0.05) is 18.2 Å². The molecule has 1 heterocycles. The average molecular weight is 174 g/mol. The molecule has 0 unspecified atom stereocenters. The molecule has 13 heavy (non-hydrogen) atoms. The zero-order chi connectivity index (χ0) is 9.52. The Labute approximate surface area is 79.0 Å². The van der Waals surface area contributed by atoms with Crippen LogP contribution in [0.1, 0.15) is 13.8 Å². The molecule has 2 heteroatoms. The van der Waals surface area contributed by atoms with Crippen LogP contribution >= 0.6 is 0 Å². The lowest BCUT2D eigenvalue weighted by atomic mass is 10.3. The van der Waals surface area contributed by atoms with Gasteiger partial charge in [-0.2, -0.15) is 0 Å². The van der Waals surface area contributed by atoms with Gasteiger partial charge in [0.15, 0.2) is 0 Å². The van der Waals surface area contributed by atoms with Crippen molar-refractivity contribution in [2.75, 3.05) is 5.32 Å². The molecule has 0 aliphatic heterocycles. The summed E-state index contributed by atoms with van der Waals surface area (Å²) in [5, 5.41) is 3.19. The molecule has 2 nitrogen and oxygen atoms in total. The van der Waals surface area contributed by atoms with Crippen molar-refractivity contribution in [3.8, 4) is 0 Å². The smallest absolute Gasteiger partial charge is 0.130 e. The Bertz CT molecular complexity index is 299. The van der Waals surface area contributed by atoms with Gasteiger partial charge < -0.3 is 5.32 Å². The Morgan fingerprint density at radius 2 is 2.23 bits per heavy atom. The van der Waals surface area contributed by atoms with E-state index in [0.29, 0.717) is 0 Å². The van der Waals surface area contributed by atoms with Crippen LogP contribution in [-0.4, -0.2) is 4.98 Å². The van der Waals surface area contributed by atoms with E-state index in [1.54, 1.807) is 6.20 Å². The van der Waals surface area contributed by atoms with Crippen molar-refractivity contribution in [2.45, 2.75) is 13.8 Å². The summed E-state index contributed by atoms with van der Waals surface area (Å²) in [6.07, 6.45) is 7.78. The molecule has 0 bridgehead atoms. The predicted octanol–water partition coefficient (Wildman–Crippen LogP) is 2.97. The van der Waals surface area contributed by atoms with Gasteiger partial charge in [-0.25, -0.2) is 4.98 Å². The number of aromatic nitrogens is 1. The number of anilines is 1. The van der Waals surface area contributed by atoms with Crippen molar-refractivity contribution in [3.05, 3.63) is 48.3 Å². The molecule has 0 atom stereocenters. The lowest BCUT2D eigenvalue weighted by Gasteiger charge is -2.04. The van der Waals surface area contributed by atoms with Gasteiger partial charge in [0.1, 0.15) is 5.82 Å². The SMILES string of the molecule is C/C=C\C(=C/C)Nc1ccccn1. The molecule has 0 amide bonds. The van der Waals surface area contributed by atoms with Crippen LogP contribution in [-0.2, 0) is 0 Å². The maximum absolute atomic E-state index is 4.16. The van der Waals surface area contributed by atoms with Crippen LogP contribution in [0.5, 0.6) is 0 Å².